The molecule has 2 N–H and O–H groups in total. The van der Waals surface area contributed by atoms with Crippen molar-refractivity contribution in [2.24, 2.45) is 0 Å². The Hall–Kier alpha value is -1.03. The molecule has 0 bridgehead atoms. The largest absolute Gasteiger partial charge is 0.496 e. The number of carbonyl (C=O) groups excluding carboxylic acids is 1. The zero-order valence-electron chi connectivity index (χ0n) is 7.21. The van der Waals surface area contributed by atoms with Crippen molar-refractivity contribution in [1.82, 2.24) is 0 Å². The van der Waals surface area contributed by atoms with Gasteiger partial charge in [0, 0.05) is 11.8 Å². The fourth-order valence-corrected chi connectivity index (χ4v) is 1.31. The minimum absolute atomic E-state index is 0.0168. The maximum Gasteiger partial charge on any atom is 0.177 e. The first-order valence-electron chi connectivity index (χ1n) is 3.71. The minimum atomic E-state index is -0.0168. The molecule has 0 saturated carbocycles. The summed E-state index contributed by atoms with van der Waals surface area (Å²) < 4.78 is 5.03. The van der Waals surface area contributed by atoms with E-state index in [1.165, 1.54) is 7.11 Å². The summed E-state index contributed by atoms with van der Waals surface area (Å²) in [5.41, 5.74) is 6.68. The van der Waals surface area contributed by atoms with E-state index in [-0.39, 0.29) is 11.1 Å². The van der Waals surface area contributed by atoms with Crippen LogP contribution in [0.2, 0.25) is 0 Å². The summed E-state index contributed by atoms with van der Waals surface area (Å²) in [6, 6.07) is 4.98. The number of rotatable bonds is 3. The van der Waals surface area contributed by atoms with Gasteiger partial charge in [-0.1, -0.05) is 15.9 Å². The van der Waals surface area contributed by atoms with Crippen LogP contribution in [0.25, 0.3) is 0 Å². The summed E-state index contributed by atoms with van der Waals surface area (Å²) in [5.74, 6) is 0.501. The number of nitrogen functional groups attached to an aromatic ring is 1. The highest BCUT2D eigenvalue weighted by Crippen LogP contribution is 2.22. The second-order valence-corrected chi connectivity index (χ2v) is 3.08. The maximum atomic E-state index is 11.3. The van der Waals surface area contributed by atoms with Crippen LogP contribution in [0.15, 0.2) is 18.2 Å². The molecule has 0 aliphatic heterocycles. The topological polar surface area (TPSA) is 52.3 Å². The summed E-state index contributed by atoms with van der Waals surface area (Å²) in [7, 11) is 1.51. The van der Waals surface area contributed by atoms with Crippen molar-refractivity contribution in [3.63, 3.8) is 0 Å². The van der Waals surface area contributed by atoms with E-state index in [2.05, 4.69) is 15.9 Å². The number of ketones is 1. The SMILES string of the molecule is COc1cc(N)ccc1C(=O)CBr. The maximum absolute atomic E-state index is 11.3. The Bertz CT molecular complexity index is 325. The van der Waals surface area contributed by atoms with Crippen molar-refractivity contribution < 1.29 is 9.53 Å². The highest BCUT2D eigenvalue weighted by Gasteiger charge is 2.10. The van der Waals surface area contributed by atoms with Gasteiger partial charge >= 0.3 is 0 Å². The standard InChI is InChI=1S/C9H10BrNO2/c1-13-9-4-6(11)2-3-7(9)8(12)5-10/h2-4H,5,11H2,1H3. The zero-order valence-corrected chi connectivity index (χ0v) is 8.80. The van der Waals surface area contributed by atoms with Crippen LogP contribution in [0, 0.1) is 0 Å². The number of methoxy groups -OCH3 is 1. The number of hydrogen-bond donors (Lipinski definition) is 1. The lowest BCUT2D eigenvalue weighted by atomic mass is 10.1. The number of hydrogen-bond acceptors (Lipinski definition) is 3. The summed E-state index contributed by atoms with van der Waals surface area (Å²) in [5, 5.41) is 0.285. The fourth-order valence-electron chi connectivity index (χ4n) is 1.01. The van der Waals surface area contributed by atoms with Crippen molar-refractivity contribution in [3.8, 4) is 5.75 Å². The number of carbonyl (C=O) groups is 1. The number of ether oxygens (including phenoxy) is 1. The van der Waals surface area contributed by atoms with Gasteiger partial charge in [-0.2, -0.15) is 0 Å². The predicted octanol–water partition coefficient (Wildman–Crippen LogP) is 1.85. The molecule has 3 nitrogen and oxygen atoms in total. The first-order chi connectivity index (χ1) is 6.19. The van der Waals surface area contributed by atoms with Crippen LogP contribution in [0.1, 0.15) is 10.4 Å². The van der Waals surface area contributed by atoms with Gasteiger partial charge in [-0.05, 0) is 12.1 Å². The van der Waals surface area contributed by atoms with E-state index in [0.717, 1.165) is 0 Å². The zero-order chi connectivity index (χ0) is 9.84. The molecule has 13 heavy (non-hydrogen) atoms. The Morgan fingerprint density at radius 1 is 1.62 bits per heavy atom. The van der Waals surface area contributed by atoms with Gasteiger partial charge in [-0.15, -0.1) is 0 Å². The summed E-state index contributed by atoms with van der Waals surface area (Å²) in [6.07, 6.45) is 0. The molecule has 0 unspecified atom stereocenters. The normalized spacial score (nSPS) is 9.69. The minimum Gasteiger partial charge on any atom is -0.496 e. The molecule has 0 atom stereocenters. The molecular weight excluding hydrogens is 234 g/mol. The first kappa shape index (κ1) is 10.1. The average molecular weight is 244 g/mol. The predicted molar refractivity (Wildman–Crippen MR) is 55.5 cm³/mol. The molecule has 0 heterocycles. The van der Waals surface area contributed by atoms with Gasteiger partial charge in [0.1, 0.15) is 5.75 Å². The third-order valence-corrected chi connectivity index (χ3v) is 2.16. The summed E-state index contributed by atoms with van der Waals surface area (Å²) in [4.78, 5) is 11.3. The van der Waals surface area contributed by atoms with Crippen molar-refractivity contribution >= 4 is 27.4 Å². The van der Waals surface area contributed by atoms with Crippen LogP contribution in [0.4, 0.5) is 5.69 Å². The van der Waals surface area contributed by atoms with Crippen LogP contribution >= 0.6 is 15.9 Å². The lowest BCUT2D eigenvalue weighted by Crippen LogP contribution is -2.03. The average Bonchev–Trinajstić information content (AvgIpc) is 2.16. The number of nitrogens with two attached hydrogens (primary N) is 1. The van der Waals surface area contributed by atoms with E-state index in [4.69, 9.17) is 10.5 Å². The number of Topliss-reactive ketones (excluding diaryl/α,β-unsaturated/α-hetero) is 1. The van der Waals surface area contributed by atoms with Crippen LogP contribution in [-0.2, 0) is 0 Å². The Labute approximate surface area is 85.0 Å². The van der Waals surface area contributed by atoms with E-state index >= 15 is 0 Å². The molecule has 1 rings (SSSR count). The monoisotopic (exact) mass is 243 g/mol. The quantitative estimate of drug-likeness (QED) is 0.501. The van der Waals surface area contributed by atoms with Gasteiger partial charge in [-0.25, -0.2) is 0 Å². The molecule has 0 saturated heterocycles. The van der Waals surface area contributed by atoms with Gasteiger partial charge in [0.05, 0.1) is 18.0 Å². The molecular formula is C9H10BrNO2. The third kappa shape index (κ3) is 2.21. The lowest BCUT2D eigenvalue weighted by molar-refractivity contribution is 0.102. The van der Waals surface area contributed by atoms with Gasteiger partial charge < -0.3 is 10.5 Å². The van der Waals surface area contributed by atoms with Gasteiger partial charge in [-0.3, -0.25) is 4.79 Å². The van der Waals surface area contributed by atoms with Gasteiger partial charge in [0.25, 0.3) is 0 Å². The Morgan fingerprint density at radius 2 is 2.31 bits per heavy atom. The van der Waals surface area contributed by atoms with E-state index in [9.17, 15) is 4.79 Å². The van der Waals surface area contributed by atoms with Crippen LogP contribution < -0.4 is 10.5 Å². The number of benzene rings is 1. The fraction of sp³-hybridized carbons (Fsp3) is 0.222. The first-order valence-corrected chi connectivity index (χ1v) is 4.84. The number of anilines is 1. The molecule has 1 aromatic carbocycles. The van der Waals surface area contributed by atoms with E-state index < -0.39 is 0 Å². The van der Waals surface area contributed by atoms with Gasteiger partial charge in [0.2, 0.25) is 0 Å². The summed E-state index contributed by atoms with van der Waals surface area (Å²) in [6.45, 7) is 0. The highest BCUT2D eigenvalue weighted by molar-refractivity contribution is 9.09. The number of halogens is 1. The molecule has 0 fully saturated rings. The van der Waals surface area contributed by atoms with E-state index in [1.807, 2.05) is 0 Å². The molecule has 0 radical (unpaired) electrons. The van der Waals surface area contributed by atoms with Gasteiger partial charge in [0.15, 0.2) is 5.78 Å². The molecule has 0 amide bonds. The van der Waals surface area contributed by atoms with E-state index in [1.54, 1.807) is 18.2 Å². The molecule has 0 aliphatic carbocycles. The van der Waals surface area contributed by atoms with Crippen molar-refractivity contribution in [2.75, 3.05) is 18.2 Å². The van der Waals surface area contributed by atoms with Crippen LogP contribution in [0.5, 0.6) is 5.75 Å². The third-order valence-electron chi connectivity index (χ3n) is 1.65. The Morgan fingerprint density at radius 3 is 2.85 bits per heavy atom. The Kier molecular flexibility index (Phi) is 3.31. The number of alkyl halides is 1. The molecule has 0 aromatic heterocycles. The second kappa shape index (κ2) is 4.28. The summed E-state index contributed by atoms with van der Waals surface area (Å²) >= 11 is 3.10. The molecule has 4 heteroatoms. The lowest BCUT2D eigenvalue weighted by Gasteiger charge is -2.06. The molecule has 0 spiro atoms. The molecule has 1 aromatic rings. The second-order valence-electron chi connectivity index (χ2n) is 2.52. The van der Waals surface area contributed by atoms with Crippen LogP contribution in [-0.4, -0.2) is 18.2 Å². The highest BCUT2D eigenvalue weighted by atomic mass is 79.9. The smallest absolute Gasteiger partial charge is 0.177 e. The van der Waals surface area contributed by atoms with Crippen molar-refractivity contribution in [3.05, 3.63) is 23.8 Å². The molecule has 0 aliphatic rings. The Balaban J connectivity index is 3.13. The van der Waals surface area contributed by atoms with E-state index in [0.29, 0.717) is 17.0 Å². The van der Waals surface area contributed by atoms with Crippen molar-refractivity contribution in [2.45, 2.75) is 0 Å². The van der Waals surface area contributed by atoms with Crippen LogP contribution in [0.3, 0.4) is 0 Å². The van der Waals surface area contributed by atoms with Crippen molar-refractivity contribution in [1.29, 1.82) is 0 Å². The molecule has 70 valence electrons.